The van der Waals surface area contributed by atoms with Gasteiger partial charge in [-0.3, -0.25) is 4.79 Å². The van der Waals surface area contributed by atoms with E-state index in [0.717, 1.165) is 56.4 Å². The summed E-state index contributed by atoms with van der Waals surface area (Å²) in [5, 5.41) is 10.3. The highest BCUT2D eigenvalue weighted by Crippen LogP contribution is 2.44. The molecule has 1 unspecified atom stereocenters. The number of amides is 1. The number of piperidine rings is 1. The fourth-order valence-electron chi connectivity index (χ4n) is 5.37. The van der Waals surface area contributed by atoms with Crippen LogP contribution in [-0.2, 0) is 18.3 Å². The van der Waals surface area contributed by atoms with Crippen LogP contribution in [0, 0.1) is 5.92 Å². The number of carbonyl (C=O) groups excluding carboxylic acids is 1. The molecule has 3 N–H and O–H groups in total. The zero-order chi connectivity index (χ0) is 22.6. The predicted octanol–water partition coefficient (Wildman–Crippen LogP) is 5.04. The zero-order valence-electron chi connectivity index (χ0n) is 19.6. The molecule has 1 saturated heterocycles. The second kappa shape index (κ2) is 9.86. The Labute approximate surface area is 187 Å². The lowest BCUT2D eigenvalue weighted by Gasteiger charge is -2.45. The topological polar surface area (TPSA) is 66.6 Å². The summed E-state index contributed by atoms with van der Waals surface area (Å²) in [5.74, 6) is 0.621. The maximum absolute atomic E-state index is 12.1. The molecule has 0 aromatic heterocycles. The first-order valence-electron chi connectivity index (χ1n) is 11.8. The summed E-state index contributed by atoms with van der Waals surface area (Å²) in [6.07, 6.45) is 4.95. The molecule has 0 radical (unpaired) electrons. The summed E-state index contributed by atoms with van der Waals surface area (Å²) < 4.78 is 0. The number of hydrogen-bond donors (Lipinski definition) is 2. The minimum atomic E-state index is -0.355. The fourth-order valence-corrected chi connectivity index (χ4v) is 5.37. The maximum atomic E-state index is 12.1. The highest BCUT2D eigenvalue weighted by molar-refractivity contribution is 5.95. The van der Waals surface area contributed by atoms with Crippen LogP contribution in [-0.4, -0.2) is 35.5 Å². The van der Waals surface area contributed by atoms with Crippen molar-refractivity contribution in [3.8, 4) is 5.75 Å². The summed E-state index contributed by atoms with van der Waals surface area (Å²) in [7, 11) is 0. The zero-order valence-corrected chi connectivity index (χ0v) is 19.6. The average molecular weight is 423 g/mol. The van der Waals surface area contributed by atoms with Gasteiger partial charge < -0.3 is 15.7 Å². The number of hydrogen-bond acceptors (Lipinski definition) is 3. The Morgan fingerprint density at radius 3 is 2.52 bits per heavy atom. The number of rotatable bonds is 8. The molecule has 1 fully saturated rings. The number of carbonyl (C=O) groups is 1. The van der Waals surface area contributed by atoms with Gasteiger partial charge in [0.2, 0.25) is 5.91 Å². The highest BCUT2D eigenvalue weighted by Gasteiger charge is 2.40. The number of primary amides is 1. The van der Waals surface area contributed by atoms with Gasteiger partial charge >= 0.3 is 0 Å². The Bertz CT molecular complexity index is 921. The van der Waals surface area contributed by atoms with Gasteiger partial charge in [-0.1, -0.05) is 45.9 Å². The molecule has 1 heterocycles. The third-order valence-corrected chi connectivity index (χ3v) is 6.91. The molecule has 2 aromatic rings. The number of likely N-dealkylation sites (tertiary alicyclic amines) is 1. The van der Waals surface area contributed by atoms with Gasteiger partial charge in [-0.25, -0.2) is 0 Å². The normalized spacial score (nSPS) is 19.6. The van der Waals surface area contributed by atoms with Gasteiger partial charge in [0.05, 0.1) is 0 Å². The molecule has 31 heavy (non-hydrogen) atoms. The molecule has 4 heteroatoms. The first-order chi connectivity index (χ1) is 14.8. The van der Waals surface area contributed by atoms with Gasteiger partial charge in [-0.05, 0) is 91.6 Å². The van der Waals surface area contributed by atoms with E-state index in [9.17, 15) is 9.90 Å². The van der Waals surface area contributed by atoms with Crippen LogP contribution in [0.4, 0.5) is 0 Å². The van der Waals surface area contributed by atoms with E-state index < -0.39 is 0 Å². The monoisotopic (exact) mass is 422 g/mol. The molecule has 2 aromatic carbocycles. The van der Waals surface area contributed by atoms with E-state index in [-0.39, 0.29) is 11.3 Å². The molecule has 3 rings (SSSR count). The van der Waals surface area contributed by atoms with Crippen molar-refractivity contribution < 1.29 is 9.90 Å². The van der Waals surface area contributed by atoms with Crippen LogP contribution in [0.2, 0.25) is 0 Å². The van der Waals surface area contributed by atoms with Gasteiger partial charge in [-0.15, -0.1) is 0 Å². The second-order valence-electron chi connectivity index (χ2n) is 9.38. The molecular weight excluding hydrogens is 384 g/mol. The number of nitrogens with zero attached hydrogens (tertiary/aromatic N) is 1. The van der Waals surface area contributed by atoms with Crippen molar-refractivity contribution in [2.24, 2.45) is 11.7 Å². The van der Waals surface area contributed by atoms with Crippen LogP contribution in [0.3, 0.4) is 0 Å². The SMILES string of the molecule is CCc1c(C(N)=O)ccc(C2(c3cccc(O)c3)CCCN(CCC(C)C)C2)c1CC. The smallest absolute Gasteiger partial charge is 0.248 e. The van der Waals surface area contributed by atoms with Gasteiger partial charge in [-0.2, -0.15) is 0 Å². The van der Waals surface area contributed by atoms with Crippen LogP contribution >= 0.6 is 0 Å². The van der Waals surface area contributed by atoms with Crippen molar-refractivity contribution >= 4 is 5.91 Å². The molecule has 1 amide bonds. The second-order valence-corrected chi connectivity index (χ2v) is 9.38. The van der Waals surface area contributed by atoms with E-state index in [2.05, 4.69) is 44.7 Å². The molecule has 1 aliphatic rings. The number of nitrogens with two attached hydrogens (primary N) is 1. The lowest BCUT2D eigenvalue weighted by molar-refractivity contribution is 0.0999. The van der Waals surface area contributed by atoms with Crippen LogP contribution in [0.15, 0.2) is 36.4 Å². The average Bonchev–Trinajstić information content (AvgIpc) is 2.76. The Balaban J connectivity index is 2.19. The van der Waals surface area contributed by atoms with Crippen molar-refractivity contribution in [2.45, 2.75) is 65.2 Å². The molecular formula is C27H38N2O2. The molecule has 4 nitrogen and oxygen atoms in total. The number of phenolic OH excluding ortho intramolecular Hbond substituents is 1. The van der Waals surface area contributed by atoms with Crippen LogP contribution < -0.4 is 5.73 Å². The molecule has 1 atom stereocenters. The number of phenols is 1. The van der Waals surface area contributed by atoms with Gasteiger partial charge in [0.25, 0.3) is 0 Å². The lowest BCUT2D eigenvalue weighted by Crippen LogP contribution is -2.48. The molecule has 0 spiro atoms. The Kier molecular flexibility index (Phi) is 7.42. The van der Waals surface area contributed by atoms with Gasteiger partial charge in [0.15, 0.2) is 0 Å². The molecule has 168 valence electrons. The van der Waals surface area contributed by atoms with E-state index in [1.807, 2.05) is 18.2 Å². The first kappa shape index (κ1) is 23.3. The van der Waals surface area contributed by atoms with Crippen molar-refractivity contribution in [3.63, 3.8) is 0 Å². The third-order valence-electron chi connectivity index (χ3n) is 6.91. The number of benzene rings is 2. The van der Waals surface area contributed by atoms with Gasteiger partial charge in [0.1, 0.15) is 5.75 Å². The van der Waals surface area contributed by atoms with Crippen LogP contribution in [0.1, 0.15) is 79.6 Å². The molecule has 0 saturated carbocycles. The van der Waals surface area contributed by atoms with Crippen molar-refractivity contribution in [1.82, 2.24) is 4.90 Å². The quantitative estimate of drug-likeness (QED) is 0.626. The fraction of sp³-hybridized carbons (Fsp3) is 0.519. The predicted molar refractivity (Wildman–Crippen MR) is 128 cm³/mol. The van der Waals surface area contributed by atoms with Crippen LogP contribution in [0.5, 0.6) is 5.75 Å². The van der Waals surface area contributed by atoms with Crippen molar-refractivity contribution in [3.05, 3.63) is 64.2 Å². The highest BCUT2D eigenvalue weighted by atomic mass is 16.3. The summed E-state index contributed by atoms with van der Waals surface area (Å²) in [4.78, 5) is 14.7. The Morgan fingerprint density at radius 1 is 1.16 bits per heavy atom. The molecule has 0 bridgehead atoms. The minimum Gasteiger partial charge on any atom is -0.508 e. The lowest BCUT2D eigenvalue weighted by atomic mass is 9.66. The van der Waals surface area contributed by atoms with E-state index in [4.69, 9.17) is 5.73 Å². The standard InChI is InChI=1S/C27H38N2O2/c1-5-22-23(6-2)25(12-11-24(22)26(28)31)27(20-9-7-10-21(30)17-20)14-8-15-29(18-27)16-13-19(3)4/h7,9-12,17,19,30H,5-6,8,13-16,18H2,1-4H3,(H2,28,31). The Morgan fingerprint density at radius 2 is 1.90 bits per heavy atom. The minimum absolute atomic E-state index is 0.209. The van der Waals surface area contributed by atoms with E-state index in [1.165, 1.54) is 17.5 Å². The van der Waals surface area contributed by atoms with Gasteiger partial charge in [0, 0.05) is 17.5 Å². The van der Waals surface area contributed by atoms with E-state index in [1.54, 1.807) is 6.07 Å². The molecule has 0 aliphatic carbocycles. The summed E-state index contributed by atoms with van der Waals surface area (Å²) in [6, 6.07) is 11.8. The van der Waals surface area contributed by atoms with E-state index >= 15 is 0 Å². The summed E-state index contributed by atoms with van der Waals surface area (Å²) in [6.45, 7) is 11.9. The molecule has 1 aliphatic heterocycles. The van der Waals surface area contributed by atoms with Crippen molar-refractivity contribution in [2.75, 3.05) is 19.6 Å². The number of aromatic hydroxyl groups is 1. The van der Waals surface area contributed by atoms with E-state index in [0.29, 0.717) is 17.2 Å². The van der Waals surface area contributed by atoms with Crippen molar-refractivity contribution in [1.29, 1.82) is 0 Å². The Hall–Kier alpha value is -2.33. The van der Waals surface area contributed by atoms with Crippen LogP contribution in [0.25, 0.3) is 0 Å². The summed E-state index contributed by atoms with van der Waals surface area (Å²) in [5.41, 5.74) is 10.9. The summed E-state index contributed by atoms with van der Waals surface area (Å²) >= 11 is 0. The largest absolute Gasteiger partial charge is 0.508 e. The maximum Gasteiger partial charge on any atom is 0.248 e. The first-order valence-corrected chi connectivity index (χ1v) is 11.8. The third kappa shape index (κ3) is 4.79.